The molecular weight excluding hydrogens is 310 g/mol. The van der Waals surface area contributed by atoms with Crippen molar-refractivity contribution in [3.05, 3.63) is 44.9 Å². The number of hydrogen-bond acceptors (Lipinski definition) is 4. The van der Waals surface area contributed by atoms with Crippen molar-refractivity contribution in [1.29, 1.82) is 0 Å². The van der Waals surface area contributed by atoms with Gasteiger partial charge < -0.3 is 10.6 Å². The Bertz CT molecular complexity index is 522. The number of halogens is 1. The fourth-order valence-electron chi connectivity index (χ4n) is 1.70. The maximum atomic E-state index is 5.68. The Balaban J connectivity index is 2.11. The van der Waals surface area contributed by atoms with Crippen LogP contribution in [0.2, 0.25) is 0 Å². The number of nitrogens with two attached hydrogens (primary N) is 1. The van der Waals surface area contributed by atoms with E-state index < -0.39 is 0 Å². The van der Waals surface area contributed by atoms with Gasteiger partial charge in [-0.3, -0.25) is 0 Å². The molecule has 0 spiro atoms. The van der Waals surface area contributed by atoms with Crippen LogP contribution in [-0.4, -0.2) is 12.0 Å². The second kappa shape index (κ2) is 5.82. The van der Waals surface area contributed by atoms with Crippen molar-refractivity contribution >= 4 is 32.4 Å². The van der Waals surface area contributed by atoms with Crippen LogP contribution in [0.1, 0.15) is 16.1 Å². The van der Waals surface area contributed by atoms with Gasteiger partial charge in [-0.15, -0.1) is 11.3 Å². The van der Waals surface area contributed by atoms with Crippen LogP contribution >= 0.6 is 27.3 Å². The van der Waals surface area contributed by atoms with Gasteiger partial charge in [0.2, 0.25) is 0 Å². The Morgan fingerprint density at radius 2 is 2.00 bits per heavy atom. The van der Waals surface area contributed by atoms with Gasteiger partial charge in [-0.05, 0) is 24.6 Å². The molecule has 0 radical (unpaired) electrons. The van der Waals surface area contributed by atoms with Crippen molar-refractivity contribution in [2.75, 3.05) is 11.9 Å². The summed E-state index contributed by atoms with van der Waals surface area (Å²) < 4.78 is 1.10. The van der Waals surface area contributed by atoms with E-state index in [1.54, 1.807) is 11.3 Å². The summed E-state index contributed by atoms with van der Waals surface area (Å²) in [5.41, 5.74) is 7.99. The summed E-state index contributed by atoms with van der Waals surface area (Å²) in [6.45, 7) is 3.43. The zero-order chi connectivity index (χ0) is 13.1. The van der Waals surface area contributed by atoms with Crippen LogP contribution in [0.3, 0.4) is 0 Å². The lowest BCUT2D eigenvalue weighted by Gasteiger charge is -2.15. The van der Waals surface area contributed by atoms with E-state index in [0.29, 0.717) is 6.54 Å². The lowest BCUT2D eigenvalue weighted by Crippen LogP contribution is -2.15. The second-order valence-electron chi connectivity index (χ2n) is 4.19. The van der Waals surface area contributed by atoms with Gasteiger partial charge in [0.05, 0.1) is 5.69 Å². The first-order valence-electron chi connectivity index (χ1n) is 5.72. The molecular formula is C13H16BrN3S. The van der Waals surface area contributed by atoms with Crippen molar-refractivity contribution < 1.29 is 0 Å². The number of aromatic nitrogens is 1. The predicted octanol–water partition coefficient (Wildman–Crippen LogP) is 3.31. The van der Waals surface area contributed by atoms with E-state index >= 15 is 0 Å². The molecule has 3 nitrogen and oxygen atoms in total. The normalized spacial score (nSPS) is 10.7. The molecule has 1 heterocycles. The largest absolute Gasteiger partial charge is 0.347 e. The minimum atomic E-state index is 0.565. The quantitative estimate of drug-likeness (QED) is 0.937. The molecule has 0 bridgehead atoms. The van der Waals surface area contributed by atoms with E-state index in [9.17, 15) is 0 Å². The van der Waals surface area contributed by atoms with Crippen molar-refractivity contribution in [3.8, 4) is 0 Å². The highest BCUT2D eigenvalue weighted by molar-refractivity contribution is 9.10. The Labute approximate surface area is 120 Å². The van der Waals surface area contributed by atoms with Gasteiger partial charge >= 0.3 is 0 Å². The Kier molecular flexibility index (Phi) is 4.37. The monoisotopic (exact) mass is 325 g/mol. The third-order valence-electron chi connectivity index (χ3n) is 2.73. The van der Waals surface area contributed by atoms with Gasteiger partial charge in [0.15, 0.2) is 5.13 Å². The van der Waals surface area contributed by atoms with Crippen molar-refractivity contribution in [2.45, 2.75) is 20.0 Å². The highest BCUT2D eigenvalue weighted by atomic mass is 79.9. The lowest BCUT2D eigenvalue weighted by molar-refractivity contribution is 0.909. The molecule has 0 fully saturated rings. The number of aryl methyl sites for hydroxylation is 1. The molecule has 96 valence electrons. The third kappa shape index (κ3) is 3.10. The first kappa shape index (κ1) is 13.5. The Morgan fingerprint density at radius 3 is 2.56 bits per heavy atom. The van der Waals surface area contributed by atoms with E-state index in [1.807, 2.05) is 6.92 Å². The predicted molar refractivity (Wildman–Crippen MR) is 81.0 cm³/mol. The van der Waals surface area contributed by atoms with E-state index in [0.717, 1.165) is 26.7 Å². The van der Waals surface area contributed by atoms with Crippen LogP contribution in [0.15, 0.2) is 28.7 Å². The zero-order valence-electron chi connectivity index (χ0n) is 10.5. The molecule has 0 saturated carbocycles. The van der Waals surface area contributed by atoms with Crippen LogP contribution in [0.25, 0.3) is 0 Å². The summed E-state index contributed by atoms with van der Waals surface area (Å²) >= 11 is 5.11. The van der Waals surface area contributed by atoms with E-state index in [-0.39, 0.29) is 0 Å². The van der Waals surface area contributed by atoms with Crippen LogP contribution in [-0.2, 0) is 13.1 Å². The molecule has 0 aliphatic rings. The molecule has 2 N–H and O–H groups in total. The number of hydrogen-bond donors (Lipinski definition) is 1. The van der Waals surface area contributed by atoms with Gasteiger partial charge in [-0.1, -0.05) is 28.1 Å². The average molecular weight is 326 g/mol. The van der Waals surface area contributed by atoms with E-state index in [4.69, 9.17) is 5.73 Å². The molecule has 0 unspecified atom stereocenters. The second-order valence-corrected chi connectivity index (χ2v) is 6.17. The first-order valence-corrected chi connectivity index (χ1v) is 7.33. The highest BCUT2D eigenvalue weighted by Crippen LogP contribution is 2.26. The molecule has 2 rings (SSSR count). The molecule has 0 saturated heterocycles. The molecule has 1 aromatic carbocycles. The topological polar surface area (TPSA) is 42.2 Å². The molecule has 0 aliphatic heterocycles. The van der Waals surface area contributed by atoms with Gasteiger partial charge in [-0.2, -0.15) is 0 Å². The van der Waals surface area contributed by atoms with Gasteiger partial charge in [0, 0.05) is 29.5 Å². The summed E-state index contributed by atoms with van der Waals surface area (Å²) in [7, 11) is 2.06. The van der Waals surface area contributed by atoms with Gasteiger partial charge in [0.1, 0.15) is 0 Å². The number of rotatable bonds is 4. The smallest absolute Gasteiger partial charge is 0.185 e. The summed E-state index contributed by atoms with van der Waals surface area (Å²) in [4.78, 5) is 7.86. The average Bonchev–Trinajstić information content (AvgIpc) is 2.73. The number of thiazole rings is 1. The molecule has 5 heteroatoms. The third-order valence-corrected chi connectivity index (χ3v) is 4.55. The first-order chi connectivity index (χ1) is 8.60. The zero-order valence-corrected chi connectivity index (χ0v) is 12.9. The molecule has 0 amide bonds. The van der Waals surface area contributed by atoms with Crippen molar-refractivity contribution in [1.82, 2.24) is 4.98 Å². The number of nitrogens with zero attached hydrogens (tertiary/aromatic N) is 2. The molecule has 0 aliphatic carbocycles. The van der Waals surface area contributed by atoms with Crippen molar-refractivity contribution in [3.63, 3.8) is 0 Å². The van der Waals surface area contributed by atoms with E-state index in [1.165, 1.54) is 5.56 Å². The van der Waals surface area contributed by atoms with Crippen LogP contribution in [0.4, 0.5) is 5.13 Å². The molecule has 1 aromatic heterocycles. The maximum Gasteiger partial charge on any atom is 0.185 e. The standard InChI is InChI=1S/C13H16BrN3S/c1-9-12(7-15)18-13(16-9)17(2)8-10-3-5-11(14)6-4-10/h3-6H,7-8,15H2,1-2H3. The number of anilines is 1. The SMILES string of the molecule is Cc1nc(N(C)Cc2ccc(Br)cc2)sc1CN. The summed E-state index contributed by atoms with van der Waals surface area (Å²) in [6.07, 6.45) is 0. The number of benzene rings is 1. The molecule has 0 atom stereocenters. The van der Waals surface area contributed by atoms with Crippen LogP contribution in [0, 0.1) is 6.92 Å². The minimum Gasteiger partial charge on any atom is -0.347 e. The maximum absolute atomic E-state index is 5.68. The summed E-state index contributed by atoms with van der Waals surface area (Å²) in [6, 6.07) is 8.35. The molecule has 2 aromatic rings. The summed E-state index contributed by atoms with van der Waals surface area (Å²) in [5.74, 6) is 0. The van der Waals surface area contributed by atoms with Crippen molar-refractivity contribution in [2.24, 2.45) is 5.73 Å². The van der Waals surface area contributed by atoms with Crippen LogP contribution in [0.5, 0.6) is 0 Å². The fraction of sp³-hybridized carbons (Fsp3) is 0.308. The van der Waals surface area contributed by atoms with Gasteiger partial charge in [-0.25, -0.2) is 4.98 Å². The van der Waals surface area contributed by atoms with Crippen LogP contribution < -0.4 is 10.6 Å². The minimum absolute atomic E-state index is 0.565. The Morgan fingerprint density at radius 1 is 1.33 bits per heavy atom. The molecule has 18 heavy (non-hydrogen) atoms. The summed E-state index contributed by atoms with van der Waals surface area (Å²) in [5, 5.41) is 1.02. The van der Waals surface area contributed by atoms with Gasteiger partial charge in [0.25, 0.3) is 0 Å². The lowest BCUT2D eigenvalue weighted by atomic mass is 10.2. The van der Waals surface area contributed by atoms with E-state index in [2.05, 4.69) is 57.1 Å². The fourth-order valence-corrected chi connectivity index (χ4v) is 2.86. The highest BCUT2D eigenvalue weighted by Gasteiger charge is 2.10. The Hall–Kier alpha value is -0.910.